The summed E-state index contributed by atoms with van der Waals surface area (Å²) in [4.78, 5) is 20.8. The normalized spacial score (nSPS) is 10.1. The summed E-state index contributed by atoms with van der Waals surface area (Å²) in [6.45, 7) is 1.90. The van der Waals surface area contributed by atoms with Crippen LogP contribution in [0.4, 0.5) is 11.4 Å². The molecule has 0 unspecified atom stereocenters. The highest BCUT2D eigenvalue weighted by Crippen LogP contribution is 2.29. The van der Waals surface area contributed by atoms with Gasteiger partial charge in [0.15, 0.2) is 5.65 Å². The molecule has 124 valence electrons. The fourth-order valence-electron chi connectivity index (χ4n) is 2.25. The molecule has 0 amide bonds. The Hall–Kier alpha value is -1.93. The van der Waals surface area contributed by atoms with Gasteiger partial charge in [0.2, 0.25) is 0 Å². The Morgan fingerprint density at radius 1 is 1.17 bits per heavy atom. The van der Waals surface area contributed by atoms with Gasteiger partial charge in [-0.3, -0.25) is 0 Å². The van der Waals surface area contributed by atoms with E-state index in [9.17, 15) is 4.79 Å². The van der Waals surface area contributed by atoms with Crippen LogP contribution >= 0.6 is 35.0 Å². The molecule has 1 aromatic carbocycles. The summed E-state index contributed by atoms with van der Waals surface area (Å²) in [5, 5.41) is 4.07. The van der Waals surface area contributed by atoms with Gasteiger partial charge in [0.05, 0.1) is 12.8 Å². The zero-order valence-electron chi connectivity index (χ0n) is 13.0. The second-order valence-corrected chi connectivity index (χ2v) is 6.24. The number of hydrogen-bond acceptors (Lipinski definition) is 5. The van der Waals surface area contributed by atoms with Crippen molar-refractivity contribution in [1.82, 2.24) is 9.97 Å². The molecule has 0 bridgehead atoms. The standard InChI is InChI=1S/C17H14IN3O2.ClH/c1-10-3-8-13-15(21-12-6-4-11(18)5-7-12)14(17(22)23-2)9-19-16(13)20-10;/h3-9H,1-2H3,(H,19,20,21);1H. The van der Waals surface area contributed by atoms with Gasteiger partial charge in [-0.2, -0.15) is 0 Å². The Bertz CT molecular complexity index is 885. The molecule has 2 heterocycles. The smallest absolute Gasteiger partial charge is 0.341 e. The first-order valence-corrected chi connectivity index (χ1v) is 8.03. The van der Waals surface area contributed by atoms with Gasteiger partial charge in [-0.1, -0.05) is 0 Å². The van der Waals surface area contributed by atoms with Crippen LogP contribution in [0, 0.1) is 10.5 Å². The molecule has 3 rings (SSSR count). The Morgan fingerprint density at radius 3 is 2.54 bits per heavy atom. The van der Waals surface area contributed by atoms with Gasteiger partial charge < -0.3 is 10.1 Å². The van der Waals surface area contributed by atoms with Crippen LogP contribution in [0.25, 0.3) is 11.0 Å². The van der Waals surface area contributed by atoms with Gasteiger partial charge in [0.1, 0.15) is 5.56 Å². The third-order valence-electron chi connectivity index (χ3n) is 3.39. The van der Waals surface area contributed by atoms with Crippen LogP contribution in [0.1, 0.15) is 16.1 Å². The number of nitrogens with zero attached hydrogens (tertiary/aromatic N) is 2. The molecular weight excluding hydrogens is 441 g/mol. The van der Waals surface area contributed by atoms with E-state index in [0.29, 0.717) is 16.9 Å². The van der Waals surface area contributed by atoms with Crippen LogP contribution < -0.4 is 5.32 Å². The van der Waals surface area contributed by atoms with Crippen LogP contribution in [-0.4, -0.2) is 23.0 Å². The molecule has 0 radical (unpaired) electrons. The minimum absolute atomic E-state index is 0. The number of aromatic nitrogens is 2. The molecule has 5 nitrogen and oxygen atoms in total. The molecular formula is C17H15ClIN3O2. The SMILES string of the molecule is COC(=O)c1cnc2nc(C)ccc2c1Nc1ccc(I)cc1.Cl. The minimum atomic E-state index is -0.437. The Morgan fingerprint density at radius 2 is 1.88 bits per heavy atom. The fraction of sp³-hybridized carbons (Fsp3) is 0.118. The molecule has 0 aliphatic heterocycles. The van der Waals surface area contributed by atoms with E-state index in [1.807, 2.05) is 43.3 Å². The Kier molecular flexibility index (Phi) is 5.95. The first-order chi connectivity index (χ1) is 11.1. The maximum atomic E-state index is 12.1. The predicted molar refractivity (Wildman–Crippen MR) is 105 cm³/mol. The number of nitrogens with one attached hydrogen (secondary N) is 1. The van der Waals surface area contributed by atoms with E-state index < -0.39 is 5.97 Å². The number of hydrogen-bond donors (Lipinski definition) is 1. The van der Waals surface area contributed by atoms with E-state index in [1.165, 1.54) is 13.3 Å². The highest BCUT2D eigenvalue weighted by atomic mass is 127. The number of methoxy groups -OCH3 is 1. The number of ether oxygens (including phenoxy) is 1. The first kappa shape index (κ1) is 18.4. The summed E-state index contributed by atoms with van der Waals surface area (Å²) in [5.41, 5.74) is 3.37. The van der Waals surface area contributed by atoms with Crippen molar-refractivity contribution in [3.8, 4) is 0 Å². The second-order valence-electron chi connectivity index (χ2n) is 4.99. The highest BCUT2D eigenvalue weighted by Gasteiger charge is 2.17. The zero-order chi connectivity index (χ0) is 16.4. The van der Waals surface area contributed by atoms with Crippen molar-refractivity contribution in [2.45, 2.75) is 6.92 Å². The van der Waals surface area contributed by atoms with Crippen molar-refractivity contribution in [3.05, 3.63) is 57.4 Å². The highest BCUT2D eigenvalue weighted by molar-refractivity contribution is 14.1. The number of rotatable bonds is 3. The van der Waals surface area contributed by atoms with E-state index in [0.717, 1.165) is 20.3 Å². The molecule has 0 atom stereocenters. The number of fused-ring (bicyclic) bond motifs is 1. The van der Waals surface area contributed by atoms with Gasteiger partial charge in [0.25, 0.3) is 0 Å². The Labute approximate surface area is 159 Å². The van der Waals surface area contributed by atoms with Crippen LogP contribution in [0.15, 0.2) is 42.6 Å². The maximum Gasteiger partial charge on any atom is 0.341 e. The van der Waals surface area contributed by atoms with Crippen molar-refractivity contribution in [1.29, 1.82) is 0 Å². The number of halogens is 2. The van der Waals surface area contributed by atoms with Crippen molar-refractivity contribution < 1.29 is 9.53 Å². The molecule has 0 aliphatic carbocycles. The Balaban J connectivity index is 0.00000208. The molecule has 3 aromatic rings. The van der Waals surface area contributed by atoms with Crippen molar-refractivity contribution in [3.63, 3.8) is 0 Å². The molecule has 24 heavy (non-hydrogen) atoms. The van der Waals surface area contributed by atoms with Crippen molar-refractivity contribution in [2.75, 3.05) is 12.4 Å². The van der Waals surface area contributed by atoms with E-state index in [-0.39, 0.29) is 12.4 Å². The summed E-state index contributed by atoms with van der Waals surface area (Å²) in [6, 6.07) is 11.7. The van der Waals surface area contributed by atoms with Gasteiger partial charge in [-0.05, 0) is 65.9 Å². The molecule has 1 N–H and O–H groups in total. The minimum Gasteiger partial charge on any atom is -0.465 e. The number of benzene rings is 1. The first-order valence-electron chi connectivity index (χ1n) is 6.96. The number of esters is 1. The van der Waals surface area contributed by atoms with Crippen molar-refractivity contribution in [2.24, 2.45) is 0 Å². The molecule has 0 saturated carbocycles. The molecule has 7 heteroatoms. The topological polar surface area (TPSA) is 64.1 Å². The largest absolute Gasteiger partial charge is 0.465 e. The molecule has 0 saturated heterocycles. The molecule has 0 fully saturated rings. The average molecular weight is 456 g/mol. The summed E-state index contributed by atoms with van der Waals surface area (Å²) >= 11 is 2.25. The van der Waals surface area contributed by atoms with Gasteiger partial charge in [-0.25, -0.2) is 14.8 Å². The van der Waals surface area contributed by atoms with Crippen LogP contribution in [0.2, 0.25) is 0 Å². The lowest BCUT2D eigenvalue weighted by atomic mass is 10.1. The predicted octanol–water partition coefficient (Wildman–Crippen LogP) is 4.49. The van der Waals surface area contributed by atoms with E-state index in [4.69, 9.17) is 4.74 Å². The summed E-state index contributed by atoms with van der Waals surface area (Å²) in [7, 11) is 1.36. The van der Waals surface area contributed by atoms with E-state index >= 15 is 0 Å². The second kappa shape index (κ2) is 7.76. The number of carbonyl (C=O) groups is 1. The van der Waals surface area contributed by atoms with Gasteiger partial charge in [0, 0.05) is 26.5 Å². The van der Waals surface area contributed by atoms with Crippen molar-refractivity contribution >= 4 is 63.4 Å². The summed E-state index contributed by atoms with van der Waals surface area (Å²) < 4.78 is 6.00. The summed E-state index contributed by atoms with van der Waals surface area (Å²) in [5.74, 6) is -0.437. The number of aryl methyl sites for hydroxylation is 1. The third-order valence-corrected chi connectivity index (χ3v) is 4.11. The zero-order valence-corrected chi connectivity index (χ0v) is 16.0. The van der Waals surface area contributed by atoms with Gasteiger partial charge >= 0.3 is 5.97 Å². The summed E-state index contributed by atoms with van der Waals surface area (Å²) in [6.07, 6.45) is 1.50. The molecule has 0 spiro atoms. The van der Waals surface area contributed by atoms with Crippen LogP contribution in [-0.2, 0) is 4.74 Å². The monoisotopic (exact) mass is 455 g/mol. The lowest BCUT2D eigenvalue weighted by molar-refractivity contribution is 0.0601. The third kappa shape index (κ3) is 3.76. The van der Waals surface area contributed by atoms with Crippen LogP contribution in [0.5, 0.6) is 0 Å². The molecule has 2 aromatic heterocycles. The lowest BCUT2D eigenvalue weighted by Crippen LogP contribution is -2.08. The lowest BCUT2D eigenvalue weighted by Gasteiger charge is -2.13. The number of carbonyl (C=O) groups excluding carboxylic acids is 1. The number of anilines is 2. The average Bonchev–Trinajstić information content (AvgIpc) is 2.56. The quantitative estimate of drug-likeness (QED) is 0.465. The maximum absolute atomic E-state index is 12.1. The van der Waals surface area contributed by atoms with Gasteiger partial charge in [-0.15, -0.1) is 12.4 Å². The van der Waals surface area contributed by atoms with Crippen LogP contribution in [0.3, 0.4) is 0 Å². The fourth-order valence-corrected chi connectivity index (χ4v) is 2.61. The van der Waals surface area contributed by atoms with E-state index in [1.54, 1.807) is 0 Å². The van der Waals surface area contributed by atoms with E-state index in [2.05, 4.69) is 37.9 Å². The molecule has 0 aliphatic rings. The number of pyridine rings is 2.